The van der Waals surface area contributed by atoms with Crippen LogP contribution in [0.1, 0.15) is 38.8 Å². The zero-order valence-electron chi connectivity index (χ0n) is 15.4. The van der Waals surface area contributed by atoms with Crippen LogP contribution < -0.4 is 5.32 Å². The zero-order chi connectivity index (χ0) is 19.0. The average molecular weight is 359 g/mol. The molecule has 2 rings (SSSR count). The van der Waals surface area contributed by atoms with Crippen LogP contribution in [0.4, 0.5) is 18.9 Å². The Balaban J connectivity index is 0.00000151. The highest BCUT2D eigenvalue weighted by molar-refractivity contribution is 5.88. The lowest BCUT2D eigenvalue weighted by molar-refractivity contribution is -0.138. The van der Waals surface area contributed by atoms with Crippen LogP contribution in [0.15, 0.2) is 18.2 Å². The van der Waals surface area contributed by atoms with E-state index in [1.165, 1.54) is 19.1 Å². The molecule has 1 amide bonds. The molecule has 1 aliphatic rings. The van der Waals surface area contributed by atoms with E-state index in [1.54, 1.807) is 0 Å². The van der Waals surface area contributed by atoms with E-state index in [0.717, 1.165) is 38.8 Å². The van der Waals surface area contributed by atoms with Gasteiger partial charge in [-0.2, -0.15) is 13.2 Å². The summed E-state index contributed by atoms with van der Waals surface area (Å²) < 4.78 is 39.9. The Morgan fingerprint density at radius 2 is 1.68 bits per heavy atom. The van der Waals surface area contributed by atoms with E-state index in [9.17, 15) is 18.0 Å². The number of rotatable bonds is 4. The van der Waals surface area contributed by atoms with Gasteiger partial charge in [0, 0.05) is 45.3 Å². The number of halogens is 3. The standard InChI is InChI=1S/C16H22F3N3O.C2H6/c1-3-21-6-8-22(9-7-21)11-13-4-5-14(20-12(2)23)10-15(13)16(17,18)19;1-2/h4-5,10H,3,6-9,11H2,1-2H3,(H,20,23);1-2H3. The number of nitrogens with zero attached hydrogens (tertiary/aromatic N) is 2. The maximum atomic E-state index is 13.3. The molecule has 0 radical (unpaired) electrons. The summed E-state index contributed by atoms with van der Waals surface area (Å²) in [7, 11) is 0. The van der Waals surface area contributed by atoms with Crippen LogP contribution in [0, 0.1) is 0 Å². The number of carbonyl (C=O) groups is 1. The number of benzene rings is 1. The van der Waals surface area contributed by atoms with Gasteiger partial charge in [0.2, 0.25) is 5.91 Å². The minimum atomic E-state index is -4.44. The van der Waals surface area contributed by atoms with Gasteiger partial charge in [-0.25, -0.2) is 0 Å². The van der Waals surface area contributed by atoms with Crippen molar-refractivity contribution in [1.82, 2.24) is 9.80 Å². The Labute approximate surface area is 148 Å². The quantitative estimate of drug-likeness (QED) is 0.888. The fraction of sp³-hybridized carbons (Fsp3) is 0.611. The zero-order valence-corrected chi connectivity index (χ0v) is 15.4. The van der Waals surface area contributed by atoms with Crippen LogP contribution >= 0.6 is 0 Å². The molecule has 7 heteroatoms. The first-order valence-corrected chi connectivity index (χ1v) is 8.72. The third-order valence-electron chi connectivity index (χ3n) is 4.04. The number of piperazine rings is 1. The second-order valence-electron chi connectivity index (χ2n) is 5.76. The van der Waals surface area contributed by atoms with Crippen molar-refractivity contribution in [2.75, 3.05) is 38.0 Å². The van der Waals surface area contributed by atoms with E-state index in [0.29, 0.717) is 0 Å². The number of nitrogens with one attached hydrogen (secondary N) is 1. The van der Waals surface area contributed by atoms with Gasteiger partial charge in [0.05, 0.1) is 5.56 Å². The molecule has 1 saturated heterocycles. The van der Waals surface area contributed by atoms with Crippen LogP contribution in [0.2, 0.25) is 0 Å². The highest BCUT2D eigenvalue weighted by atomic mass is 19.4. The summed E-state index contributed by atoms with van der Waals surface area (Å²) in [5.41, 5.74) is -0.261. The second kappa shape index (κ2) is 9.77. The van der Waals surface area contributed by atoms with Crippen LogP contribution in [0.5, 0.6) is 0 Å². The first-order chi connectivity index (χ1) is 11.8. The molecule has 4 nitrogen and oxygen atoms in total. The lowest BCUT2D eigenvalue weighted by atomic mass is 10.0. The van der Waals surface area contributed by atoms with Gasteiger partial charge in [0.1, 0.15) is 0 Å². The monoisotopic (exact) mass is 359 g/mol. The minimum absolute atomic E-state index is 0.171. The van der Waals surface area contributed by atoms with Crippen molar-refractivity contribution in [1.29, 1.82) is 0 Å². The average Bonchev–Trinajstić information content (AvgIpc) is 2.57. The number of hydrogen-bond acceptors (Lipinski definition) is 3. The number of carbonyl (C=O) groups excluding carboxylic acids is 1. The Morgan fingerprint density at radius 1 is 1.12 bits per heavy atom. The van der Waals surface area contributed by atoms with Gasteiger partial charge in [0.25, 0.3) is 0 Å². The van der Waals surface area contributed by atoms with Crippen molar-refractivity contribution >= 4 is 11.6 Å². The molecule has 1 aromatic carbocycles. The summed E-state index contributed by atoms with van der Waals surface area (Å²) in [5.74, 6) is -0.387. The van der Waals surface area contributed by atoms with Crippen molar-refractivity contribution < 1.29 is 18.0 Å². The van der Waals surface area contributed by atoms with Gasteiger partial charge in [-0.05, 0) is 24.2 Å². The van der Waals surface area contributed by atoms with Gasteiger partial charge >= 0.3 is 6.18 Å². The van der Waals surface area contributed by atoms with Crippen molar-refractivity contribution in [3.8, 4) is 0 Å². The summed E-state index contributed by atoms with van der Waals surface area (Å²) in [5, 5.41) is 2.40. The lowest BCUT2D eigenvalue weighted by Gasteiger charge is -2.34. The molecule has 0 bridgehead atoms. The van der Waals surface area contributed by atoms with Crippen molar-refractivity contribution in [3.63, 3.8) is 0 Å². The van der Waals surface area contributed by atoms with E-state index in [-0.39, 0.29) is 23.7 Å². The molecule has 0 unspecified atom stereocenters. The number of hydrogen-bond donors (Lipinski definition) is 1. The fourth-order valence-electron chi connectivity index (χ4n) is 2.76. The van der Waals surface area contributed by atoms with E-state index in [4.69, 9.17) is 0 Å². The summed E-state index contributed by atoms with van der Waals surface area (Å²) >= 11 is 0. The highest BCUT2D eigenvalue weighted by Crippen LogP contribution is 2.34. The smallest absolute Gasteiger partial charge is 0.326 e. The molecular formula is C18H28F3N3O. The van der Waals surface area contributed by atoms with Gasteiger partial charge in [0.15, 0.2) is 0 Å². The topological polar surface area (TPSA) is 35.6 Å². The lowest BCUT2D eigenvalue weighted by Crippen LogP contribution is -2.45. The predicted octanol–water partition coefficient (Wildman–Crippen LogP) is 3.83. The molecule has 1 aromatic rings. The molecule has 1 aliphatic heterocycles. The number of likely N-dealkylation sites (N-methyl/N-ethyl adjacent to an activating group) is 1. The fourth-order valence-corrected chi connectivity index (χ4v) is 2.76. The molecule has 0 aliphatic carbocycles. The molecular weight excluding hydrogens is 331 g/mol. The third kappa shape index (κ3) is 6.66. The molecule has 1 N–H and O–H groups in total. The normalized spacial score (nSPS) is 16.1. The molecule has 0 aromatic heterocycles. The third-order valence-corrected chi connectivity index (χ3v) is 4.04. The Morgan fingerprint density at radius 3 is 2.16 bits per heavy atom. The van der Waals surface area contributed by atoms with Crippen molar-refractivity contribution in [2.24, 2.45) is 0 Å². The summed E-state index contributed by atoms with van der Waals surface area (Å²) in [4.78, 5) is 15.3. The number of anilines is 1. The highest BCUT2D eigenvalue weighted by Gasteiger charge is 2.34. The Kier molecular flexibility index (Phi) is 8.38. The largest absolute Gasteiger partial charge is 0.416 e. The van der Waals surface area contributed by atoms with E-state index in [2.05, 4.69) is 17.1 Å². The van der Waals surface area contributed by atoms with Gasteiger partial charge in [-0.3, -0.25) is 9.69 Å². The van der Waals surface area contributed by atoms with Crippen molar-refractivity contribution in [2.45, 2.75) is 40.4 Å². The van der Waals surface area contributed by atoms with E-state index >= 15 is 0 Å². The molecule has 0 saturated carbocycles. The van der Waals surface area contributed by atoms with Gasteiger partial charge < -0.3 is 10.2 Å². The first kappa shape index (κ1) is 21.4. The maximum absolute atomic E-state index is 13.3. The SMILES string of the molecule is CC.CCN1CCN(Cc2ccc(NC(C)=O)cc2C(F)(F)F)CC1. The molecule has 0 atom stereocenters. The summed E-state index contributed by atoms with van der Waals surface area (Å²) in [6.07, 6.45) is -4.44. The maximum Gasteiger partial charge on any atom is 0.416 e. The Hall–Kier alpha value is -1.60. The number of alkyl halides is 3. The number of amides is 1. The molecule has 1 heterocycles. The molecule has 0 spiro atoms. The molecule has 25 heavy (non-hydrogen) atoms. The predicted molar refractivity (Wildman–Crippen MR) is 94.5 cm³/mol. The van der Waals surface area contributed by atoms with Crippen LogP contribution in [-0.2, 0) is 17.5 Å². The first-order valence-electron chi connectivity index (χ1n) is 8.72. The van der Waals surface area contributed by atoms with Crippen LogP contribution in [-0.4, -0.2) is 48.4 Å². The van der Waals surface area contributed by atoms with E-state index in [1.807, 2.05) is 18.7 Å². The van der Waals surface area contributed by atoms with Gasteiger partial charge in [-0.15, -0.1) is 0 Å². The van der Waals surface area contributed by atoms with E-state index < -0.39 is 11.7 Å². The Bertz CT molecular complexity index is 553. The minimum Gasteiger partial charge on any atom is -0.326 e. The van der Waals surface area contributed by atoms with Gasteiger partial charge in [-0.1, -0.05) is 26.8 Å². The molecule has 1 fully saturated rings. The second-order valence-corrected chi connectivity index (χ2v) is 5.76. The summed E-state index contributed by atoms with van der Waals surface area (Å²) in [6, 6.07) is 3.99. The van der Waals surface area contributed by atoms with Crippen molar-refractivity contribution in [3.05, 3.63) is 29.3 Å². The van der Waals surface area contributed by atoms with Crippen LogP contribution in [0.25, 0.3) is 0 Å². The summed E-state index contributed by atoms with van der Waals surface area (Å²) in [6.45, 7) is 11.9. The van der Waals surface area contributed by atoms with Crippen LogP contribution in [0.3, 0.4) is 0 Å². The molecule has 142 valence electrons.